The zero-order valence-electron chi connectivity index (χ0n) is 21.1. The van der Waals surface area contributed by atoms with Gasteiger partial charge in [0.2, 0.25) is 5.91 Å². The van der Waals surface area contributed by atoms with Crippen molar-refractivity contribution in [2.45, 2.75) is 6.42 Å². The molecule has 2 amide bonds. The van der Waals surface area contributed by atoms with Gasteiger partial charge in [-0.3, -0.25) is 14.6 Å². The Labute approximate surface area is 223 Å². The van der Waals surface area contributed by atoms with E-state index in [4.69, 9.17) is 16.0 Å². The van der Waals surface area contributed by atoms with E-state index >= 15 is 0 Å². The van der Waals surface area contributed by atoms with Crippen LogP contribution in [0.1, 0.15) is 17.5 Å². The highest BCUT2D eigenvalue weighted by Gasteiger charge is 2.29. The number of aromatic amines is 1. The summed E-state index contributed by atoms with van der Waals surface area (Å²) in [5.41, 5.74) is 5.28. The molecule has 2 heterocycles. The lowest BCUT2D eigenvalue weighted by molar-refractivity contribution is -0.118. The number of fused-ring (bicyclic) bond motifs is 2. The number of carbonyl (C=O) groups excluding carboxylic acids is 2. The normalized spacial score (nSPS) is 14.0. The first-order valence-electron chi connectivity index (χ1n) is 12.0. The zero-order valence-corrected chi connectivity index (χ0v) is 21.8. The summed E-state index contributed by atoms with van der Waals surface area (Å²) < 4.78 is 5.26. The zero-order chi connectivity index (χ0) is 27.0. The molecule has 10 heteroatoms. The smallest absolute Gasteiger partial charge is 0.408 e. The van der Waals surface area contributed by atoms with Gasteiger partial charge in [-0.15, -0.1) is 0 Å². The van der Waals surface area contributed by atoms with Crippen LogP contribution in [0.2, 0.25) is 5.02 Å². The maximum Gasteiger partial charge on any atom is 0.417 e. The lowest BCUT2D eigenvalue weighted by Gasteiger charge is -2.20. The van der Waals surface area contributed by atoms with Crippen molar-refractivity contribution >= 4 is 62.8 Å². The van der Waals surface area contributed by atoms with Crippen LogP contribution in [-0.4, -0.2) is 49.4 Å². The fraction of sp³-hybridized carbons (Fsp3) is 0.179. The van der Waals surface area contributed by atoms with E-state index in [1.165, 1.54) is 0 Å². The van der Waals surface area contributed by atoms with Crippen LogP contribution in [0, 0.1) is 0 Å². The van der Waals surface area contributed by atoms with E-state index in [2.05, 4.69) is 15.6 Å². The Morgan fingerprint density at radius 1 is 1.00 bits per heavy atom. The van der Waals surface area contributed by atoms with Crippen LogP contribution in [0.5, 0.6) is 0 Å². The predicted molar refractivity (Wildman–Crippen MR) is 150 cm³/mol. The molecule has 1 aromatic heterocycles. The van der Waals surface area contributed by atoms with Gasteiger partial charge in [0, 0.05) is 47.5 Å². The molecule has 5 rings (SSSR count). The maximum atomic E-state index is 13.2. The number of anilines is 3. The van der Waals surface area contributed by atoms with Crippen molar-refractivity contribution < 1.29 is 14.0 Å². The molecule has 3 N–H and O–H groups in total. The molecular formula is C28H26ClN5O4. The van der Waals surface area contributed by atoms with Crippen LogP contribution >= 0.6 is 11.6 Å². The highest BCUT2D eigenvalue weighted by atomic mass is 35.5. The molecule has 4 aromatic rings. The number of aromatic nitrogens is 1. The van der Waals surface area contributed by atoms with Crippen LogP contribution in [0.25, 0.3) is 22.4 Å². The standard InChI is InChI=1S/C28H26ClN5O4/c1-33(2)13-12-24(35)34(3)19-8-6-18(7-9-19)30-26(16-4-11-21-23(14-16)38-28(37)32-21)25-20-10-5-17(29)15-22(20)31-27(25)36/h4-11,14-15,30H,12-13H2,1-3H3,(H,31,36)(H,32,37)/b26-25-. The highest BCUT2D eigenvalue weighted by Crippen LogP contribution is 2.39. The Morgan fingerprint density at radius 2 is 1.76 bits per heavy atom. The minimum absolute atomic E-state index is 0.0152. The van der Waals surface area contributed by atoms with Crippen molar-refractivity contribution in [2.75, 3.05) is 43.2 Å². The van der Waals surface area contributed by atoms with Gasteiger partial charge in [-0.2, -0.15) is 0 Å². The molecular weight excluding hydrogens is 506 g/mol. The molecule has 0 atom stereocenters. The minimum Gasteiger partial charge on any atom is -0.408 e. The third kappa shape index (κ3) is 5.06. The summed E-state index contributed by atoms with van der Waals surface area (Å²) in [7, 11) is 5.61. The van der Waals surface area contributed by atoms with Gasteiger partial charge in [-0.25, -0.2) is 4.79 Å². The Kier molecular flexibility index (Phi) is 6.79. The summed E-state index contributed by atoms with van der Waals surface area (Å²) >= 11 is 6.15. The van der Waals surface area contributed by atoms with Gasteiger partial charge in [0.05, 0.1) is 22.5 Å². The van der Waals surface area contributed by atoms with Gasteiger partial charge < -0.3 is 24.9 Å². The summed E-state index contributed by atoms with van der Waals surface area (Å²) in [5.74, 6) is -0.831. The first kappa shape index (κ1) is 25.3. The second kappa shape index (κ2) is 10.2. The number of nitrogens with one attached hydrogen (secondary N) is 3. The summed E-state index contributed by atoms with van der Waals surface area (Å²) in [6.45, 7) is 0.667. The Balaban J connectivity index is 1.53. The minimum atomic E-state index is -0.558. The SMILES string of the molecule is CN(C)CCC(=O)N(C)c1ccc(N/C(=C2\C(=O)Nc3cc(Cl)ccc32)c2ccc3[nH]c(=O)oc3c2)cc1. The fourth-order valence-electron chi connectivity index (χ4n) is 4.32. The number of carbonyl (C=O) groups is 2. The molecule has 0 fully saturated rings. The molecule has 0 aliphatic carbocycles. The summed E-state index contributed by atoms with van der Waals surface area (Å²) in [5, 5.41) is 6.76. The Hall–Kier alpha value is -4.34. The Bertz CT molecular complexity index is 1640. The van der Waals surface area contributed by atoms with E-state index in [9.17, 15) is 14.4 Å². The fourth-order valence-corrected chi connectivity index (χ4v) is 4.49. The molecule has 1 aliphatic heterocycles. The number of benzene rings is 3. The van der Waals surface area contributed by atoms with E-state index in [0.29, 0.717) is 62.9 Å². The van der Waals surface area contributed by atoms with E-state index in [1.807, 2.05) is 43.3 Å². The van der Waals surface area contributed by atoms with Crippen molar-refractivity contribution in [1.29, 1.82) is 0 Å². The molecule has 0 saturated heterocycles. The molecule has 194 valence electrons. The van der Waals surface area contributed by atoms with Gasteiger partial charge >= 0.3 is 5.76 Å². The number of oxazole rings is 1. The summed E-state index contributed by atoms with van der Waals surface area (Å²) in [6.07, 6.45) is 0.413. The molecule has 0 saturated carbocycles. The lowest BCUT2D eigenvalue weighted by Crippen LogP contribution is -2.29. The molecule has 0 spiro atoms. The molecule has 9 nitrogen and oxygen atoms in total. The van der Waals surface area contributed by atoms with Crippen LogP contribution in [0.4, 0.5) is 17.1 Å². The second-order valence-corrected chi connectivity index (χ2v) is 9.73. The van der Waals surface area contributed by atoms with Crippen LogP contribution in [0.15, 0.2) is 69.9 Å². The number of hydrogen-bond acceptors (Lipinski definition) is 6. The Morgan fingerprint density at radius 3 is 2.50 bits per heavy atom. The number of nitrogens with zero attached hydrogens (tertiary/aromatic N) is 2. The summed E-state index contributed by atoms with van der Waals surface area (Å²) in [4.78, 5) is 43.6. The third-order valence-electron chi connectivity index (χ3n) is 6.36. The number of hydrogen-bond donors (Lipinski definition) is 3. The lowest BCUT2D eigenvalue weighted by atomic mass is 9.99. The molecule has 3 aromatic carbocycles. The number of amides is 2. The van der Waals surface area contributed by atoms with Crippen LogP contribution < -0.4 is 21.3 Å². The number of H-pyrrole nitrogens is 1. The van der Waals surface area contributed by atoms with Crippen LogP contribution in [0.3, 0.4) is 0 Å². The van der Waals surface area contributed by atoms with Crippen molar-refractivity contribution in [3.05, 3.63) is 87.4 Å². The van der Waals surface area contributed by atoms with Crippen molar-refractivity contribution in [3.63, 3.8) is 0 Å². The quantitative estimate of drug-likeness (QED) is 0.300. The highest BCUT2D eigenvalue weighted by molar-refractivity contribution is 6.38. The van der Waals surface area contributed by atoms with E-state index in [1.54, 1.807) is 48.3 Å². The largest absolute Gasteiger partial charge is 0.417 e. The number of halogens is 1. The van der Waals surface area contributed by atoms with Crippen molar-refractivity contribution in [1.82, 2.24) is 9.88 Å². The molecule has 0 radical (unpaired) electrons. The van der Waals surface area contributed by atoms with E-state index < -0.39 is 5.76 Å². The molecule has 0 bridgehead atoms. The van der Waals surface area contributed by atoms with Gasteiger partial charge in [0.15, 0.2) is 5.58 Å². The average Bonchev–Trinajstić information content (AvgIpc) is 3.42. The topological polar surface area (TPSA) is 111 Å². The van der Waals surface area contributed by atoms with Gasteiger partial charge in [0.1, 0.15) is 0 Å². The van der Waals surface area contributed by atoms with Gasteiger partial charge in [-0.1, -0.05) is 23.7 Å². The predicted octanol–water partition coefficient (Wildman–Crippen LogP) is 4.62. The molecule has 1 aliphatic rings. The van der Waals surface area contributed by atoms with Crippen molar-refractivity contribution in [3.8, 4) is 0 Å². The van der Waals surface area contributed by atoms with E-state index in [-0.39, 0.29) is 11.8 Å². The first-order valence-corrected chi connectivity index (χ1v) is 12.3. The van der Waals surface area contributed by atoms with E-state index in [0.717, 1.165) is 5.69 Å². The van der Waals surface area contributed by atoms with Crippen molar-refractivity contribution in [2.24, 2.45) is 0 Å². The van der Waals surface area contributed by atoms with Gasteiger partial charge in [-0.05, 0) is 62.6 Å². The third-order valence-corrected chi connectivity index (χ3v) is 6.59. The monoisotopic (exact) mass is 531 g/mol. The molecule has 0 unspecified atom stereocenters. The van der Waals surface area contributed by atoms with Crippen LogP contribution in [-0.2, 0) is 9.59 Å². The maximum absolute atomic E-state index is 13.2. The number of rotatable bonds is 7. The average molecular weight is 532 g/mol. The first-order chi connectivity index (χ1) is 18.2. The molecule has 38 heavy (non-hydrogen) atoms. The summed E-state index contributed by atoms with van der Waals surface area (Å²) in [6, 6.07) is 17.8. The second-order valence-electron chi connectivity index (χ2n) is 9.30. The van der Waals surface area contributed by atoms with Gasteiger partial charge in [0.25, 0.3) is 5.91 Å².